The van der Waals surface area contributed by atoms with Gasteiger partial charge in [-0.15, -0.1) is 11.3 Å². The molecule has 1 aliphatic rings. The Morgan fingerprint density at radius 2 is 2.12 bits per heavy atom. The van der Waals surface area contributed by atoms with Crippen LogP contribution >= 0.6 is 27.3 Å². The Labute approximate surface area is 111 Å². The SMILES string of the molecule is CC1CC(C)C(C)N(Cc2ccc(Br)s2)C1. The Morgan fingerprint density at radius 3 is 2.75 bits per heavy atom. The summed E-state index contributed by atoms with van der Waals surface area (Å²) < 4.78 is 1.24. The van der Waals surface area contributed by atoms with Crippen LogP contribution in [0.1, 0.15) is 32.1 Å². The van der Waals surface area contributed by atoms with Crippen LogP contribution in [0.15, 0.2) is 15.9 Å². The van der Waals surface area contributed by atoms with Crippen molar-refractivity contribution >= 4 is 27.3 Å². The summed E-state index contributed by atoms with van der Waals surface area (Å²) in [5, 5.41) is 0. The first-order chi connectivity index (χ1) is 7.56. The number of hydrogen-bond acceptors (Lipinski definition) is 2. The Morgan fingerprint density at radius 1 is 1.38 bits per heavy atom. The van der Waals surface area contributed by atoms with E-state index in [1.807, 2.05) is 11.3 Å². The highest BCUT2D eigenvalue weighted by atomic mass is 79.9. The molecule has 0 bridgehead atoms. The molecule has 16 heavy (non-hydrogen) atoms. The third-order valence-electron chi connectivity index (χ3n) is 3.71. The van der Waals surface area contributed by atoms with E-state index in [9.17, 15) is 0 Å². The Hall–Kier alpha value is 0.140. The molecule has 3 heteroatoms. The van der Waals surface area contributed by atoms with Crippen LogP contribution in [0, 0.1) is 11.8 Å². The highest BCUT2D eigenvalue weighted by molar-refractivity contribution is 9.11. The summed E-state index contributed by atoms with van der Waals surface area (Å²) in [5.74, 6) is 1.67. The monoisotopic (exact) mass is 301 g/mol. The van der Waals surface area contributed by atoms with E-state index in [0.29, 0.717) is 0 Å². The van der Waals surface area contributed by atoms with Crippen LogP contribution in [-0.2, 0) is 6.54 Å². The molecular formula is C13H20BrNS. The fourth-order valence-electron chi connectivity index (χ4n) is 2.68. The molecule has 1 saturated heterocycles. The molecule has 0 aromatic carbocycles. The summed E-state index contributed by atoms with van der Waals surface area (Å²) in [6.45, 7) is 9.50. The number of nitrogens with zero attached hydrogens (tertiary/aromatic N) is 1. The summed E-state index contributed by atoms with van der Waals surface area (Å²) in [5.41, 5.74) is 0. The molecule has 1 aromatic rings. The maximum Gasteiger partial charge on any atom is 0.0701 e. The van der Waals surface area contributed by atoms with Crippen LogP contribution in [-0.4, -0.2) is 17.5 Å². The first-order valence-electron chi connectivity index (χ1n) is 6.04. The molecule has 90 valence electrons. The topological polar surface area (TPSA) is 3.24 Å². The zero-order valence-corrected chi connectivity index (χ0v) is 12.6. The summed E-state index contributed by atoms with van der Waals surface area (Å²) in [6, 6.07) is 5.12. The van der Waals surface area contributed by atoms with E-state index in [1.165, 1.54) is 21.6 Å². The molecule has 3 atom stereocenters. The van der Waals surface area contributed by atoms with Crippen molar-refractivity contribution in [2.75, 3.05) is 6.54 Å². The molecule has 0 saturated carbocycles. The Bertz CT molecular complexity index is 349. The molecule has 3 unspecified atom stereocenters. The predicted octanol–water partition coefficient (Wildman–Crippen LogP) is 4.38. The first kappa shape index (κ1) is 12.6. The van der Waals surface area contributed by atoms with E-state index in [-0.39, 0.29) is 0 Å². The van der Waals surface area contributed by atoms with Gasteiger partial charge in [0.05, 0.1) is 3.79 Å². The quantitative estimate of drug-likeness (QED) is 0.784. The molecule has 2 rings (SSSR count). The lowest BCUT2D eigenvalue weighted by atomic mass is 9.86. The van der Waals surface area contributed by atoms with Gasteiger partial charge in [-0.3, -0.25) is 4.90 Å². The predicted molar refractivity (Wildman–Crippen MR) is 74.8 cm³/mol. The third kappa shape index (κ3) is 2.88. The summed E-state index contributed by atoms with van der Waals surface area (Å²) in [6.07, 6.45) is 1.38. The van der Waals surface area contributed by atoms with Crippen molar-refractivity contribution in [2.45, 2.75) is 39.8 Å². The van der Waals surface area contributed by atoms with Crippen LogP contribution in [0.4, 0.5) is 0 Å². The van der Waals surface area contributed by atoms with E-state index in [0.717, 1.165) is 24.4 Å². The van der Waals surface area contributed by atoms with Crippen LogP contribution < -0.4 is 0 Å². The molecule has 2 heterocycles. The van der Waals surface area contributed by atoms with Gasteiger partial charge >= 0.3 is 0 Å². The molecule has 0 spiro atoms. The summed E-state index contributed by atoms with van der Waals surface area (Å²) >= 11 is 5.40. The smallest absolute Gasteiger partial charge is 0.0701 e. The van der Waals surface area contributed by atoms with Crippen LogP contribution in [0.2, 0.25) is 0 Å². The average molecular weight is 302 g/mol. The third-order valence-corrected chi connectivity index (χ3v) is 5.32. The number of halogens is 1. The summed E-state index contributed by atoms with van der Waals surface area (Å²) in [7, 11) is 0. The van der Waals surface area contributed by atoms with Crippen molar-refractivity contribution in [3.63, 3.8) is 0 Å². The van der Waals surface area contributed by atoms with Crippen molar-refractivity contribution in [1.82, 2.24) is 4.90 Å². The van der Waals surface area contributed by atoms with Gasteiger partial charge in [0.15, 0.2) is 0 Å². The number of hydrogen-bond donors (Lipinski definition) is 0. The average Bonchev–Trinajstić information content (AvgIpc) is 2.60. The second kappa shape index (κ2) is 5.19. The summed E-state index contributed by atoms with van der Waals surface area (Å²) in [4.78, 5) is 4.11. The van der Waals surface area contributed by atoms with Crippen molar-refractivity contribution in [3.8, 4) is 0 Å². The molecule has 0 N–H and O–H groups in total. The molecule has 1 aromatic heterocycles. The van der Waals surface area contributed by atoms with Gasteiger partial charge in [-0.1, -0.05) is 13.8 Å². The number of likely N-dealkylation sites (tertiary alicyclic amines) is 1. The lowest BCUT2D eigenvalue weighted by Crippen LogP contribution is -2.44. The maximum absolute atomic E-state index is 3.54. The van der Waals surface area contributed by atoms with E-state index in [2.05, 4.69) is 53.7 Å². The van der Waals surface area contributed by atoms with Gasteiger partial charge in [0, 0.05) is 24.0 Å². The van der Waals surface area contributed by atoms with Gasteiger partial charge in [-0.05, 0) is 53.2 Å². The highest BCUT2D eigenvalue weighted by Gasteiger charge is 2.28. The minimum absolute atomic E-state index is 0.720. The van der Waals surface area contributed by atoms with Crippen LogP contribution in [0.5, 0.6) is 0 Å². The molecule has 1 nitrogen and oxygen atoms in total. The number of thiophene rings is 1. The second-order valence-electron chi connectivity index (χ2n) is 5.19. The van der Waals surface area contributed by atoms with Gasteiger partial charge in [0.25, 0.3) is 0 Å². The molecule has 1 fully saturated rings. The van der Waals surface area contributed by atoms with Crippen LogP contribution in [0.25, 0.3) is 0 Å². The fourth-order valence-corrected chi connectivity index (χ4v) is 4.19. The van der Waals surface area contributed by atoms with E-state index >= 15 is 0 Å². The molecular weight excluding hydrogens is 282 g/mol. The van der Waals surface area contributed by atoms with E-state index in [1.54, 1.807) is 0 Å². The van der Waals surface area contributed by atoms with Gasteiger partial charge in [-0.2, -0.15) is 0 Å². The van der Waals surface area contributed by atoms with Gasteiger partial charge in [0.2, 0.25) is 0 Å². The number of rotatable bonds is 2. The normalized spacial score (nSPS) is 31.9. The highest BCUT2D eigenvalue weighted by Crippen LogP contribution is 2.30. The lowest BCUT2D eigenvalue weighted by Gasteiger charge is -2.40. The zero-order valence-electron chi connectivity index (χ0n) is 10.2. The van der Waals surface area contributed by atoms with Gasteiger partial charge in [-0.25, -0.2) is 0 Å². The standard InChI is InChI=1S/C13H20BrNS/c1-9-6-10(2)11(3)15(7-9)8-12-4-5-13(14)16-12/h4-5,9-11H,6-8H2,1-3H3. The van der Waals surface area contributed by atoms with Crippen LogP contribution in [0.3, 0.4) is 0 Å². The zero-order chi connectivity index (χ0) is 11.7. The van der Waals surface area contributed by atoms with Gasteiger partial charge in [0.1, 0.15) is 0 Å². The Balaban J connectivity index is 2.02. The van der Waals surface area contributed by atoms with Crippen molar-refractivity contribution in [3.05, 3.63) is 20.8 Å². The first-order valence-corrected chi connectivity index (χ1v) is 7.65. The van der Waals surface area contributed by atoms with Crippen molar-refractivity contribution in [2.24, 2.45) is 11.8 Å². The Kier molecular flexibility index (Phi) is 4.09. The minimum Gasteiger partial charge on any atom is -0.295 e. The minimum atomic E-state index is 0.720. The van der Waals surface area contributed by atoms with Crippen molar-refractivity contribution < 1.29 is 0 Å². The molecule has 0 aliphatic carbocycles. The number of piperidine rings is 1. The van der Waals surface area contributed by atoms with E-state index < -0.39 is 0 Å². The second-order valence-corrected chi connectivity index (χ2v) is 7.74. The fraction of sp³-hybridized carbons (Fsp3) is 0.692. The largest absolute Gasteiger partial charge is 0.295 e. The lowest BCUT2D eigenvalue weighted by molar-refractivity contribution is 0.0739. The molecule has 0 amide bonds. The molecule has 1 aliphatic heterocycles. The maximum atomic E-state index is 3.54. The van der Waals surface area contributed by atoms with Crippen molar-refractivity contribution in [1.29, 1.82) is 0 Å². The van der Waals surface area contributed by atoms with E-state index in [4.69, 9.17) is 0 Å². The molecule has 0 radical (unpaired) electrons. The van der Waals surface area contributed by atoms with Gasteiger partial charge < -0.3 is 0 Å².